The van der Waals surface area contributed by atoms with Gasteiger partial charge in [0, 0.05) is 18.2 Å². The van der Waals surface area contributed by atoms with E-state index in [1.54, 1.807) is 12.5 Å². The van der Waals surface area contributed by atoms with Crippen LogP contribution >= 0.6 is 0 Å². The van der Waals surface area contributed by atoms with E-state index in [-0.39, 0.29) is 6.04 Å². The van der Waals surface area contributed by atoms with Crippen LogP contribution < -0.4 is 5.73 Å². The molecule has 0 radical (unpaired) electrons. The number of benzene rings is 1. The second-order valence-corrected chi connectivity index (χ2v) is 5.18. The number of hydrogen-bond acceptors (Lipinski definition) is 3. The summed E-state index contributed by atoms with van der Waals surface area (Å²) >= 11 is 0. The first-order chi connectivity index (χ1) is 9.15. The highest BCUT2D eigenvalue weighted by atomic mass is 16.3. The number of hydrogen-bond donors (Lipinski definition) is 1. The second-order valence-electron chi connectivity index (χ2n) is 5.18. The Hall–Kier alpha value is -1.58. The average Bonchev–Trinajstić information content (AvgIpc) is 2.89. The average molecular weight is 258 g/mol. The van der Waals surface area contributed by atoms with Gasteiger partial charge in [0.25, 0.3) is 0 Å². The van der Waals surface area contributed by atoms with Crippen LogP contribution in [0.5, 0.6) is 0 Å². The van der Waals surface area contributed by atoms with Crippen molar-refractivity contribution in [2.75, 3.05) is 13.6 Å². The Morgan fingerprint density at radius 3 is 2.58 bits per heavy atom. The second kappa shape index (κ2) is 6.55. The van der Waals surface area contributed by atoms with Gasteiger partial charge in [-0.25, -0.2) is 0 Å². The predicted octanol–water partition coefficient (Wildman–Crippen LogP) is 3.11. The van der Waals surface area contributed by atoms with Crippen LogP contribution in [0.3, 0.4) is 0 Å². The third kappa shape index (κ3) is 4.23. The fourth-order valence-corrected chi connectivity index (χ4v) is 2.11. The molecule has 0 saturated carbocycles. The fourth-order valence-electron chi connectivity index (χ4n) is 2.11. The third-order valence-corrected chi connectivity index (χ3v) is 3.36. The van der Waals surface area contributed by atoms with Crippen LogP contribution in [0, 0.1) is 6.92 Å². The molecule has 1 unspecified atom stereocenters. The molecule has 102 valence electrons. The van der Waals surface area contributed by atoms with Crippen molar-refractivity contribution in [3.05, 3.63) is 59.5 Å². The molecule has 19 heavy (non-hydrogen) atoms. The van der Waals surface area contributed by atoms with Crippen molar-refractivity contribution in [2.45, 2.75) is 25.9 Å². The van der Waals surface area contributed by atoms with Crippen molar-refractivity contribution in [3.8, 4) is 0 Å². The van der Waals surface area contributed by atoms with E-state index in [1.165, 1.54) is 16.7 Å². The molecular formula is C16H22N2O. The number of rotatable bonds is 6. The quantitative estimate of drug-likeness (QED) is 0.865. The zero-order valence-electron chi connectivity index (χ0n) is 11.7. The summed E-state index contributed by atoms with van der Waals surface area (Å²) in [7, 11) is 2.11. The standard InChI is InChI=1S/C16H22N2O/c1-13-3-5-15(6-4-13)16(17)7-9-18(2)11-14-8-10-19-12-14/h3-6,8,10,12,16H,7,9,11,17H2,1-2H3. The van der Waals surface area contributed by atoms with Gasteiger partial charge in [0.2, 0.25) is 0 Å². The van der Waals surface area contributed by atoms with E-state index >= 15 is 0 Å². The predicted molar refractivity (Wildman–Crippen MR) is 77.8 cm³/mol. The zero-order valence-corrected chi connectivity index (χ0v) is 11.7. The molecule has 0 aliphatic rings. The Labute approximate surface area is 115 Å². The first kappa shape index (κ1) is 13.8. The minimum atomic E-state index is 0.104. The normalized spacial score (nSPS) is 12.8. The maximum atomic E-state index is 6.22. The first-order valence-corrected chi connectivity index (χ1v) is 6.67. The van der Waals surface area contributed by atoms with Gasteiger partial charge in [-0.05, 0) is 38.6 Å². The zero-order chi connectivity index (χ0) is 13.7. The summed E-state index contributed by atoms with van der Waals surface area (Å²) in [6.45, 7) is 3.96. The molecule has 0 amide bonds. The highest BCUT2D eigenvalue weighted by Crippen LogP contribution is 2.15. The molecular weight excluding hydrogens is 236 g/mol. The van der Waals surface area contributed by atoms with Crippen LogP contribution in [-0.2, 0) is 6.54 Å². The van der Waals surface area contributed by atoms with Crippen LogP contribution in [0.25, 0.3) is 0 Å². The lowest BCUT2D eigenvalue weighted by atomic mass is 10.0. The number of aryl methyl sites for hydroxylation is 1. The third-order valence-electron chi connectivity index (χ3n) is 3.36. The lowest BCUT2D eigenvalue weighted by Gasteiger charge is -2.19. The SMILES string of the molecule is Cc1ccc(C(N)CCN(C)Cc2ccoc2)cc1. The van der Waals surface area contributed by atoms with E-state index in [4.69, 9.17) is 10.2 Å². The Morgan fingerprint density at radius 1 is 1.21 bits per heavy atom. The lowest BCUT2D eigenvalue weighted by molar-refractivity contribution is 0.310. The molecule has 3 nitrogen and oxygen atoms in total. The molecule has 0 aliphatic carbocycles. The molecule has 1 heterocycles. The monoisotopic (exact) mass is 258 g/mol. The van der Waals surface area contributed by atoms with E-state index in [9.17, 15) is 0 Å². The number of nitrogens with two attached hydrogens (primary N) is 1. The molecule has 0 saturated heterocycles. The molecule has 0 spiro atoms. The molecule has 2 rings (SSSR count). The van der Waals surface area contributed by atoms with E-state index in [1.807, 2.05) is 6.07 Å². The van der Waals surface area contributed by atoms with Crippen molar-refractivity contribution in [1.82, 2.24) is 4.90 Å². The molecule has 1 aromatic heterocycles. The summed E-state index contributed by atoms with van der Waals surface area (Å²) in [5.74, 6) is 0. The molecule has 2 N–H and O–H groups in total. The lowest BCUT2D eigenvalue weighted by Crippen LogP contribution is -2.23. The summed E-state index contributed by atoms with van der Waals surface area (Å²) < 4.78 is 5.07. The largest absolute Gasteiger partial charge is 0.472 e. The van der Waals surface area contributed by atoms with Gasteiger partial charge < -0.3 is 15.1 Å². The Bertz CT molecular complexity index is 476. The van der Waals surface area contributed by atoms with Gasteiger partial charge in [-0.1, -0.05) is 29.8 Å². The van der Waals surface area contributed by atoms with Gasteiger partial charge >= 0.3 is 0 Å². The van der Waals surface area contributed by atoms with Crippen molar-refractivity contribution in [2.24, 2.45) is 5.73 Å². The van der Waals surface area contributed by atoms with Gasteiger partial charge in [-0.2, -0.15) is 0 Å². The molecule has 0 bridgehead atoms. The fraction of sp³-hybridized carbons (Fsp3) is 0.375. The van der Waals surface area contributed by atoms with Crippen LogP contribution in [0.4, 0.5) is 0 Å². The van der Waals surface area contributed by atoms with Crippen LogP contribution in [0.2, 0.25) is 0 Å². The van der Waals surface area contributed by atoms with E-state index in [2.05, 4.69) is 43.1 Å². The van der Waals surface area contributed by atoms with Crippen molar-refractivity contribution >= 4 is 0 Å². The van der Waals surface area contributed by atoms with E-state index in [0.29, 0.717) is 0 Å². The van der Waals surface area contributed by atoms with Crippen molar-refractivity contribution in [1.29, 1.82) is 0 Å². The topological polar surface area (TPSA) is 42.4 Å². The minimum Gasteiger partial charge on any atom is -0.472 e. The molecule has 3 heteroatoms. The summed E-state index contributed by atoms with van der Waals surface area (Å²) in [6, 6.07) is 10.6. The summed E-state index contributed by atoms with van der Waals surface area (Å²) in [4.78, 5) is 2.26. The van der Waals surface area contributed by atoms with Gasteiger partial charge in [0.05, 0.1) is 12.5 Å². The Kier molecular flexibility index (Phi) is 4.77. The van der Waals surface area contributed by atoms with Gasteiger partial charge in [-0.15, -0.1) is 0 Å². The van der Waals surface area contributed by atoms with Crippen LogP contribution in [-0.4, -0.2) is 18.5 Å². The van der Waals surface area contributed by atoms with Gasteiger partial charge in [0.1, 0.15) is 0 Å². The Morgan fingerprint density at radius 2 is 1.95 bits per heavy atom. The van der Waals surface area contributed by atoms with Gasteiger partial charge in [0.15, 0.2) is 0 Å². The maximum absolute atomic E-state index is 6.22. The summed E-state index contributed by atoms with van der Waals surface area (Å²) in [5.41, 5.74) is 9.90. The highest BCUT2D eigenvalue weighted by Gasteiger charge is 2.08. The molecule has 2 aromatic rings. The summed E-state index contributed by atoms with van der Waals surface area (Å²) in [5, 5.41) is 0. The number of nitrogens with zero attached hydrogens (tertiary/aromatic N) is 1. The maximum Gasteiger partial charge on any atom is 0.0947 e. The molecule has 0 fully saturated rings. The summed E-state index contributed by atoms with van der Waals surface area (Å²) in [6.07, 6.45) is 4.45. The molecule has 1 atom stereocenters. The van der Waals surface area contributed by atoms with Crippen molar-refractivity contribution < 1.29 is 4.42 Å². The molecule has 1 aromatic carbocycles. The van der Waals surface area contributed by atoms with Crippen molar-refractivity contribution in [3.63, 3.8) is 0 Å². The Balaban J connectivity index is 1.79. The van der Waals surface area contributed by atoms with Crippen LogP contribution in [0.15, 0.2) is 47.3 Å². The van der Waals surface area contributed by atoms with E-state index < -0.39 is 0 Å². The first-order valence-electron chi connectivity index (χ1n) is 6.67. The van der Waals surface area contributed by atoms with E-state index in [0.717, 1.165) is 19.5 Å². The molecule has 0 aliphatic heterocycles. The highest BCUT2D eigenvalue weighted by molar-refractivity contribution is 5.23. The number of furan rings is 1. The van der Waals surface area contributed by atoms with Crippen LogP contribution in [0.1, 0.15) is 29.2 Å². The smallest absolute Gasteiger partial charge is 0.0947 e. The minimum absolute atomic E-state index is 0.104. The van der Waals surface area contributed by atoms with Gasteiger partial charge in [-0.3, -0.25) is 0 Å².